The maximum absolute atomic E-state index is 12.7. The Morgan fingerprint density at radius 3 is 2.15 bits per heavy atom. The molecule has 8 heteroatoms. The third-order valence-electron chi connectivity index (χ3n) is 5.96. The number of amides is 1. The maximum atomic E-state index is 12.7. The molecule has 34 heavy (non-hydrogen) atoms. The Kier molecular flexibility index (Phi) is 5.88. The van der Waals surface area contributed by atoms with Crippen LogP contribution in [-0.4, -0.2) is 46.4 Å². The van der Waals surface area contributed by atoms with Gasteiger partial charge in [-0.2, -0.15) is 0 Å². The molecule has 2 atom stereocenters. The first-order valence-electron chi connectivity index (χ1n) is 11.3. The molecule has 0 aliphatic carbocycles. The van der Waals surface area contributed by atoms with E-state index >= 15 is 0 Å². The summed E-state index contributed by atoms with van der Waals surface area (Å²) in [5.41, 5.74) is 2.43. The standard InChI is InChI=1S/C26H25N3O5/c1-16-11-17(2)14-29(13-16)23(30)15-34-26(31)18-7-8-19-20(12-18)28-25(22-6-4-10-33-22)24(27-19)21-5-3-9-32-21/h3-10,12,16-17H,11,13-15H2,1-2H3. The number of furan rings is 2. The fourth-order valence-electron chi connectivity index (χ4n) is 4.52. The lowest BCUT2D eigenvalue weighted by molar-refractivity contribution is -0.137. The van der Waals surface area contributed by atoms with Crippen LogP contribution in [0.25, 0.3) is 33.9 Å². The monoisotopic (exact) mass is 459 g/mol. The van der Waals surface area contributed by atoms with E-state index in [2.05, 4.69) is 13.8 Å². The van der Waals surface area contributed by atoms with Gasteiger partial charge in [0.15, 0.2) is 18.1 Å². The third kappa shape index (κ3) is 4.44. The number of benzene rings is 1. The van der Waals surface area contributed by atoms with Crippen LogP contribution in [0.5, 0.6) is 0 Å². The van der Waals surface area contributed by atoms with Crippen LogP contribution >= 0.6 is 0 Å². The molecular weight excluding hydrogens is 434 g/mol. The van der Waals surface area contributed by atoms with Crippen LogP contribution in [0.1, 0.15) is 30.6 Å². The van der Waals surface area contributed by atoms with Crippen LogP contribution in [-0.2, 0) is 9.53 Å². The fourth-order valence-corrected chi connectivity index (χ4v) is 4.52. The van der Waals surface area contributed by atoms with Crippen molar-refractivity contribution in [3.63, 3.8) is 0 Å². The van der Waals surface area contributed by atoms with Gasteiger partial charge in [0.05, 0.1) is 29.1 Å². The Balaban J connectivity index is 1.38. The van der Waals surface area contributed by atoms with Gasteiger partial charge in [0.2, 0.25) is 0 Å². The van der Waals surface area contributed by atoms with Crippen molar-refractivity contribution in [2.75, 3.05) is 19.7 Å². The predicted molar refractivity (Wildman–Crippen MR) is 125 cm³/mol. The van der Waals surface area contributed by atoms with Crippen molar-refractivity contribution in [3.8, 4) is 22.9 Å². The number of carbonyl (C=O) groups is 2. The number of fused-ring (bicyclic) bond motifs is 1. The lowest BCUT2D eigenvalue weighted by Gasteiger charge is -2.34. The summed E-state index contributed by atoms with van der Waals surface area (Å²) in [5.74, 6) is 1.22. The predicted octanol–water partition coefficient (Wildman–Crippen LogP) is 4.81. The van der Waals surface area contributed by atoms with Crippen LogP contribution in [0.15, 0.2) is 63.8 Å². The topological polar surface area (TPSA) is 98.7 Å². The maximum Gasteiger partial charge on any atom is 0.338 e. The second-order valence-corrected chi connectivity index (χ2v) is 8.90. The van der Waals surface area contributed by atoms with E-state index in [-0.39, 0.29) is 12.5 Å². The summed E-state index contributed by atoms with van der Waals surface area (Å²) in [6, 6.07) is 12.1. The van der Waals surface area contributed by atoms with E-state index in [0.29, 0.717) is 64.4 Å². The summed E-state index contributed by atoms with van der Waals surface area (Å²) < 4.78 is 16.4. The average molecular weight is 460 g/mol. The van der Waals surface area contributed by atoms with Crippen molar-refractivity contribution < 1.29 is 23.2 Å². The van der Waals surface area contributed by atoms with Crippen molar-refractivity contribution in [1.29, 1.82) is 0 Å². The number of nitrogens with zero attached hydrogens (tertiary/aromatic N) is 3. The van der Waals surface area contributed by atoms with Crippen LogP contribution in [0.4, 0.5) is 0 Å². The molecule has 0 bridgehead atoms. The molecular formula is C26H25N3O5. The van der Waals surface area contributed by atoms with Gasteiger partial charge < -0.3 is 18.5 Å². The second-order valence-electron chi connectivity index (χ2n) is 8.90. The van der Waals surface area contributed by atoms with Crippen molar-refractivity contribution in [2.24, 2.45) is 11.8 Å². The Bertz CT molecular complexity index is 1300. The molecule has 1 amide bonds. The SMILES string of the molecule is CC1CC(C)CN(C(=O)COC(=O)c2ccc3nc(-c4ccco4)c(-c4ccco4)nc3c2)C1. The van der Waals surface area contributed by atoms with Crippen molar-refractivity contribution in [1.82, 2.24) is 14.9 Å². The molecule has 1 fully saturated rings. The van der Waals surface area contributed by atoms with E-state index in [1.165, 1.54) is 0 Å². The minimum Gasteiger partial charge on any atom is -0.463 e. The Labute approximate surface area is 196 Å². The van der Waals surface area contributed by atoms with Gasteiger partial charge in [-0.3, -0.25) is 4.79 Å². The smallest absolute Gasteiger partial charge is 0.338 e. The molecule has 4 aromatic rings. The molecule has 0 N–H and O–H groups in total. The van der Waals surface area contributed by atoms with Crippen molar-refractivity contribution in [3.05, 3.63) is 60.6 Å². The quantitative estimate of drug-likeness (QED) is 0.395. The van der Waals surface area contributed by atoms with E-state index in [0.717, 1.165) is 6.42 Å². The zero-order valence-corrected chi connectivity index (χ0v) is 19.1. The van der Waals surface area contributed by atoms with Gasteiger partial charge in [0, 0.05) is 13.1 Å². The average Bonchev–Trinajstić information content (AvgIpc) is 3.55. The zero-order chi connectivity index (χ0) is 23.7. The van der Waals surface area contributed by atoms with Crippen LogP contribution in [0.2, 0.25) is 0 Å². The summed E-state index contributed by atoms with van der Waals surface area (Å²) in [7, 11) is 0. The summed E-state index contributed by atoms with van der Waals surface area (Å²) >= 11 is 0. The molecule has 8 nitrogen and oxygen atoms in total. The van der Waals surface area contributed by atoms with E-state index in [9.17, 15) is 9.59 Å². The molecule has 2 unspecified atom stereocenters. The third-order valence-corrected chi connectivity index (χ3v) is 5.96. The largest absolute Gasteiger partial charge is 0.463 e. The molecule has 5 rings (SSSR count). The second kappa shape index (κ2) is 9.13. The number of rotatable bonds is 5. The number of hydrogen-bond acceptors (Lipinski definition) is 7. The van der Waals surface area contributed by atoms with Gasteiger partial charge in [-0.25, -0.2) is 14.8 Å². The lowest BCUT2D eigenvalue weighted by atomic mass is 9.92. The molecule has 3 aromatic heterocycles. The van der Waals surface area contributed by atoms with Crippen molar-refractivity contribution >= 4 is 22.9 Å². The Morgan fingerprint density at radius 1 is 0.941 bits per heavy atom. The molecule has 1 aromatic carbocycles. The number of carbonyl (C=O) groups excluding carboxylic acids is 2. The molecule has 0 spiro atoms. The van der Waals surface area contributed by atoms with E-state index < -0.39 is 5.97 Å². The van der Waals surface area contributed by atoms with Gasteiger partial charge in [0.1, 0.15) is 11.4 Å². The molecule has 1 aliphatic heterocycles. The first kappa shape index (κ1) is 21.9. The number of piperidine rings is 1. The Hall–Kier alpha value is -3.94. The lowest BCUT2D eigenvalue weighted by Crippen LogP contribution is -2.44. The van der Waals surface area contributed by atoms with E-state index in [1.54, 1.807) is 59.9 Å². The van der Waals surface area contributed by atoms with E-state index in [4.69, 9.17) is 23.5 Å². The number of hydrogen-bond donors (Lipinski definition) is 0. The van der Waals surface area contributed by atoms with Gasteiger partial charge in [0.25, 0.3) is 5.91 Å². The molecule has 1 aliphatic rings. The van der Waals surface area contributed by atoms with Gasteiger partial charge in [-0.1, -0.05) is 13.8 Å². The zero-order valence-electron chi connectivity index (χ0n) is 19.1. The highest BCUT2D eigenvalue weighted by Gasteiger charge is 2.26. The fraction of sp³-hybridized carbons (Fsp3) is 0.308. The number of ether oxygens (including phenoxy) is 1. The highest BCUT2D eigenvalue weighted by molar-refractivity contribution is 5.95. The summed E-state index contributed by atoms with van der Waals surface area (Å²) in [6.07, 6.45) is 4.23. The number of aromatic nitrogens is 2. The first-order chi connectivity index (χ1) is 16.5. The Morgan fingerprint density at radius 2 is 1.56 bits per heavy atom. The van der Waals surface area contributed by atoms with Crippen molar-refractivity contribution in [2.45, 2.75) is 20.3 Å². The van der Waals surface area contributed by atoms with E-state index in [1.807, 2.05) is 0 Å². The molecule has 0 saturated carbocycles. The van der Waals surface area contributed by atoms with Crippen LogP contribution in [0.3, 0.4) is 0 Å². The molecule has 174 valence electrons. The summed E-state index contributed by atoms with van der Waals surface area (Å²) in [5, 5.41) is 0. The first-order valence-corrected chi connectivity index (χ1v) is 11.3. The van der Waals surface area contributed by atoms with Crippen LogP contribution in [0, 0.1) is 11.8 Å². The molecule has 0 radical (unpaired) electrons. The molecule has 1 saturated heterocycles. The highest BCUT2D eigenvalue weighted by Crippen LogP contribution is 2.31. The molecule has 4 heterocycles. The van der Waals surface area contributed by atoms with Gasteiger partial charge >= 0.3 is 5.97 Å². The van der Waals surface area contributed by atoms with Gasteiger partial charge in [-0.15, -0.1) is 0 Å². The van der Waals surface area contributed by atoms with Gasteiger partial charge in [-0.05, 0) is 60.7 Å². The van der Waals surface area contributed by atoms with Crippen LogP contribution < -0.4 is 0 Å². The number of esters is 1. The summed E-state index contributed by atoms with van der Waals surface area (Å²) in [4.78, 5) is 36.4. The normalized spacial score (nSPS) is 18.2. The minimum atomic E-state index is -0.579. The summed E-state index contributed by atoms with van der Waals surface area (Å²) in [6.45, 7) is 5.37. The number of likely N-dealkylation sites (tertiary alicyclic amines) is 1. The minimum absolute atomic E-state index is 0.171. The highest BCUT2D eigenvalue weighted by atomic mass is 16.5.